The maximum Gasteiger partial charge on any atom is 0.0414 e. The van der Waals surface area contributed by atoms with Gasteiger partial charge in [-0.05, 0) is 29.7 Å². The molecule has 0 spiro atoms. The van der Waals surface area contributed by atoms with Crippen molar-refractivity contribution < 1.29 is 0 Å². The lowest BCUT2D eigenvalue weighted by Gasteiger charge is -2.01. The summed E-state index contributed by atoms with van der Waals surface area (Å²) in [5.41, 5.74) is 2.20. The van der Waals surface area contributed by atoms with Gasteiger partial charge in [0.2, 0.25) is 0 Å². The Morgan fingerprint density at radius 3 is 2.67 bits per heavy atom. The van der Waals surface area contributed by atoms with Crippen LogP contribution in [0.1, 0.15) is 11.1 Å². The van der Waals surface area contributed by atoms with E-state index in [4.69, 9.17) is 23.2 Å². The molecule has 0 saturated carbocycles. The molecule has 64 valence electrons. The van der Waals surface area contributed by atoms with Crippen molar-refractivity contribution in [2.45, 2.75) is 6.42 Å². The Balaban J connectivity index is 2.97. The number of hydrogen-bond acceptors (Lipinski definition) is 0. The highest BCUT2D eigenvalue weighted by molar-refractivity contribution is 6.30. The zero-order valence-electron chi connectivity index (χ0n) is 6.69. The Bertz CT molecular complexity index is 279. The van der Waals surface area contributed by atoms with E-state index in [1.807, 2.05) is 18.2 Å². The fourth-order valence-electron chi connectivity index (χ4n) is 1.05. The van der Waals surface area contributed by atoms with Crippen LogP contribution in [0.25, 0.3) is 6.08 Å². The van der Waals surface area contributed by atoms with Crippen LogP contribution in [0.3, 0.4) is 0 Å². The van der Waals surface area contributed by atoms with Crippen molar-refractivity contribution in [3.05, 3.63) is 40.9 Å². The average Bonchev–Trinajstić information content (AvgIpc) is 2.04. The monoisotopic (exact) mass is 200 g/mol. The summed E-state index contributed by atoms with van der Waals surface area (Å²) in [6.45, 7) is 3.68. The van der Waals surface area contributed by atoms with Crippen molar-refractivity contribution in [2.75, 3.05) is 5.88 Å². The van der Waals surface area contributed by atoms with Crippen LogP contribution in [-0.2, 0) is 6.42 Å². The van der Waals surface area contributed by atoms with Gasteiger partial charge in [-0.25, -0.2) is 0 Å². The van der Waals surface area contributed by atoms with E-state index >= 15 is 0 Å². The van der Waals surface area contributed by atoms with Crippen molar-refractivity contribution in [3.8, 4) is 0 Å². The lowest BCUT2D eigenvalue weighted by molar-refractivity contribution is 1.15. The standard InChI is InChI=1S/C10H10Cl2/c1-2-8-5-9(3-4-11)7-10(12)6-8/h2,5-7H,1,3-4H2. The van der Waals surface area contributed by atoms with Crippen molar-refractivity contribution in [1.82, 2.24) is 0 Å². The average molecular weight is 201 g/mol. The van der Waals surface area contributed by atoms with E-state index in [1.165, 1.54) is 0 Å². The van der Waals surface area contributed by atoms with E-state index in [0.29, 0.717) is 5.88 Å². The number of hydrogen-bond donors (Lipinski definition) is 0. The minimum Gasteiger partial charge on any atom is -0.126 e. The lowest BCUT2D eigenvalue weighted by atomic mass is 10.1. The zero-order chi connectivity index (χ0) is 8.97. The Labute approximate surface area is 82.8 Å². The summed E-state index contributed by atoms with van der Waals surface area (Å²) in [5, 5.41) is 0.743. The topological polar surface area (TPSA) is 0 Å². The molecule has 0 N–H and O–H groups in total. The molecule has 1 rings (SSSR count). The Morgan fingerprint density at radius 2 is 2.08 bits per heavy atom. The molecule has 0 saturated heterocycles. The largest absolute Gasteiger partial charge is 0.126 e. The molecule has 0 fully saturated rings. The molecule has 2 heteroatoms. The first-order valence-corrected chi connectivity index (χ1v) is 4.65. The molecular weight excluding hydrogens is 191 g/mol. The molecule has 12 heavy (non-hydrogen) atoms. The van der Waals surface area contributed by atoms with Gasteiger partial charge >= 0.3 is 0 Å². The molecular formula is C10H10Cl2. The highest BCUT2D eigenvalue weighted by Gasteiger charge is 1.96. The second kappa shape index (κ2) is 4.54. The van der Waals surface area contributed by atoms with Crippen LogP contribution < -0.4 is 0 Å². The molecule has 0 aliphatic heterocycles. The molecule has 1 aromatic carbocycles. The summed E-state index contributed by atoms with van der Waals surface area (Å²) in [4.78, 5) is 0. The fourth-order valence-corrected chi connectivity index (χ4v) is 1.53. The number of rotatable bonds is 3. The predicted molar refractivity (Wildman–Crippen MR) is 56.0 cm³/mol. The summed E-state index contributed by atoms with van der Waals surface area (Å²) in [6, 6.07) is 5.85. The maximum absolute atomic E-state index is 5.87. The first-order chi connectivity index (χ1) is 5.76. The molecule has 0 nitrogen and oxygen atoms in total. The normalized spacial score (nSPS) is 9.83. The third kappa shape index (κ3) is 2.54. The van der Waals surface area contributed by atoms with Gasteiger partial charge in [0.05, 0.1) is 0 Å². The van der Waals surface area contributed by atoms with Crippen molar-refractivity contribution in [1.29, 1.82) is 0 Å². The second-order valence-electron chi connectivity index (χ2n) is 2.54. The molecule has 0 aliphatic carbocycles. The third-order valence-corrected chi connectivity index (χ3v) is 2.01. The molecule has 0 aliphatic rings. The van der Waals surface area contributed by atoms with Crippen molar-refractivity contribution >= 4 is 29.3 Å². The van der Waals surface area contributed by atoms with Crippen LogP contribution in [0.5, 0.6) is 0 Å². The molecule has 0 bridgehead atoms. The number of aryl methyl sites for hydroxylation is 1. The lowest BCUT2D eigenvalue weighted by Crippen LogP contribution is -1.86. The van der Waals surface area contributed by atoms with Gasteiger partial charge in [0.25, 0.3) is 0 Å². The van der Waals surface area contributed by atoms with Crippen LogP contribution in [0, 0.1) is 0 Å². The van der Waals surface area contributed by atoms with Gasteiger partial charge in [0, 0.05) is 10.9 Å². The van der Waals surface area contributed by atoms with E-state index in [2.05, 4.69) is 6.58 Å². The number of benzene rings is 1. The van der Waals surface area contributed by atoms with Crippen molar-refractivity contribution in [2.24, 2.45) is 0 Å². The Hall–Kier alpha value is -0.460. The number of halogens is 2. The summed E-state index contributed by atoms with van der Waals surface area (Å²) < 4.78 is 0. The van der Waals surface area contributed by atoms with Gasteiger partial charge in [-0.15, -0.1) is 11.6 Å². The van der Waals surface area contributed by atoms with Crippen LogP contribution in [0.15, 0.2) is 24.8 Å². The van der Waals surface area contributed by atoms with Crippen LogP contribution >= 0.6 is 23.2 Å². The van der Waals surface area contributed by atoms with Crippen LogP contribution in [-0.4, -0.2) is 5.88 Å². The summed E-state index contributed by atoms with van der Waals surface area (Å²) in [6.07, 6.45) is 2.63. The summed E-state index contributed by atoms with van der Waals surface area (Å²) >= 11 is 11.5. The van der Waals surface area contributed by atoms with Gasteiger partial charge in [-0.2, -0.15) is 0 Å². The first-order valence-electron chi connectivity index (χ1n) is 3.74. The molecule has 0 atom stereocenters. The quantitative estimate of drug-likeness (QED) is 0.653. The van der Waals surface area contributed by atoms with Crippen LogP contribution in [0.4, 0.5) is 0 Å². The van der Waals surface area contributed by atoms with Gasteiger partial charge in [0.1, 0.15) is 0 Å². The zero-order valence-corrected chi connectivity index (χ0v) is 8.20. The predicted octanol–water partition coefficient (Wildman–Crippen LogP) is 3.76. The highest BCUT2D eigenvalue weighted by atomic mass is 35.5. The number of alkyl halides is 1. The minimum absolute atomic E-state index is 0.622. The molecule has 0 aromatic heterocycles. The van der Waals surface area contributed by atoms with Gasteiger partial charge in [-0.3, -0.25) is 0 Å². The van der Waals surface area contributed by atoms with E-state index in [0.717, 1.165) is 22.6 Å². The third-order valence-electron chi connectivity index (χ3n) is 1.60. The van der Waals surface area contributed by atoms with Crippen molar-refractivity contribution in [3.63, 3.8) is 0 Å². The Kier molecular flexibility index (Phi) is 3.64. The molecule has 0 heterocycles. The molecule has 0 unspecified atom stereocenters. The van der Waals surface area contributed by atoms with E-state index < -0.39 is 0 Å². The van der Waals surface area contributed by atoms with Gasteiger partial charge in [0.15, 0.2) is 0 Å². The highest BCUT2D eigenvalue weighted by Crippen LogP contribution is 2.16. The second-order valence-corrected chi connectivity index (χ2v) is 3.35. The first kappa shape index (κ1) is 9.63. The fraction of sp³-hybridized carbons (Fsp3) is 0.200. The molecule has 1 aromatic rings. The van der Waals surface area contributed by atoms with Gasteiger partial charge in [-0.1, -0.05) is 30.3 Å². The van der Waals surface area contributed by atoms with Crippen LogP contribution in [0.2, 0.25) is 5.02 Å². The van der Waals surface area contributed by atoms with Gasteiger partial charge < -0.3 is 0 Å². The minimum atomic E-state index is 0.622. The smallest absolute Gasteiger partial charge is 0.0414 e. The summed E-state index contributed by atoms with van der Waals surface area (Å²) in [5.74, 6) is 0.622. The summed E-state index contributed by atoms with van der Waals surface area (Å²) in [7, 11) is 0. The Morgan fingerprint density at radius 1 is 1.33 bits per heavy atom. The van der Waals surface area contributed by atoms with E-state index in [-0.39, 0.29) is 0 Å². The molecule has 0 radical (unpaired) electrons. The molecule has 0 amide bonds. The van der Waals surface area contributed by atoms with E-state index in [9.17, 15) is 0 Å². The maximum atomic E-state index is 5.87. The SMILES string of the molecule is C=Cc1cc(Cl)cc(CCCl)c1. The van der Waals surface area contributed by atoms with E-state index in [1.54, 1.807) is 6.08 Å².